The van der Waals surface area contributed by atoms with Crippen LogP contribution < -0.4 is 5.73 Å². The fourth-order valence-corrected chi connectivity index (χ4v) is 2.67. The standard InChI is InChI=1S/C11H22N2/c1-3-10-9(2)4-7-13(10)8-11(12)5-6-11/h9-10H,3-8,12H2,1-2H3. The Labute approximate surface area is 81.5 Å². The van der Waals surface area contributed by atoms with Crippen LogP contribution in [0.2, 0.25) is 0 Å². The normalized spacial score (nSPS) is 38.1. The Bertz CT molecular complexity index is 187. The van der Waals surface area contributed by atoms with Crippen molar-refractivity contribution in [2.75, 3.05) is 13.1 Å². The Kier molecular flexibility index (Phi) is 2.37. The van der Waals surface area contributed by atoms with E-state index >= 15 is 0 Å². The van der Waals surface area contributed by atoms with E-state index in [2.05, 4.69) is 18.7 Å². The molecule has 1 aliphatic carbocycles. The van der Waals surface area contributed by atoms with Gasteiger partial charge in [0.15, 0.2) is 0 Å². The summed E-state index contributed by atoms with van der Waals surface area (Å²) in [5, 5.41) is 0. The molecule has 0 radical (unpaired) electrons. The van der Waals surface area contributed by atoms with E-state index < -0.39 is 0 Å². The molecular weight excluding hydrogens is 160 g/mol. The summed E-state index contributed by atoms with van der Waals surface area (Å²) in [5.74, 6) is 0.882. The Hall–Kier alpha value is -0.0800. The molecule has 2 N–H and O–H groups in total. The molecule has 2 rings (SSSR count). The van der Waals surface area contributed by atoms with Crippen molar-refractivity contribution >= 4 is 0 Å². The van der Waals surface area contributed by atoms with Crippen molar-refractivity contribution in [3.8, 4) is 0 Å². The number of hydrogen-bond donors (Lipinski definition) is 1. The van der Waals surface area contributed by atoms with Crippen molar-refractivity contribution in [1.82, 2.24) is 4.90 Å². The fraction of sp³-hybridized carbons (Fsp3) is 1.00. The second kappa shape index (κ2) is 3.25. The minimum absolute atomic E-state index is 0.206. The molecule has 0 spiro atoms. The first-order valence-corrected chi connectivity index (χ1v) is 5.67. The van der Waals surface area contributed by atoms with E-state index in [1.165, 1.54) is 32.2 Å². The van der Waals surface area contributed by atoms with Gasteiger partial charge in [0.05, 0.1) is 0 Å². The first-order valence-electron chi connectivity index (χ1n) is 5.67. The largest absolute Gasteiger partial charge is 0.324 e. The molecule has 2 atom stereocenters. The maximum Gasteiger partial charge on any atom is 0.0284 e. The molecular formula is C11H22N2. The van der Waals surface area contributed by atoms with E-state index in [9.17, 15) is 0 Å². The van der Waals surface area contributed by atoms with Crippen molar-refractivity contribution < 1.29 is 0 Å². The molecule has 0 amide bonds. The topological polar surface area (TPSA) is 29.3 Å². The monoisotopic (exact) mass is 182 g/mol. The van der Waals surface area contributed by atoms with Crippen LogP contribution in [0.1, 0.15) is 39.5 Å². The van der Waals surface area contributed by atoms with E-state index in [-0.39, 0.29) is 5.54 Å². The molecule has 0 aromatic carbocycles. The highest BCUT2D eigenvalue weighted by Crippen LogP contribution is 2.36. The molecule has 76 valence electrons. The van der Waals surface area contributed by atoms with Crippen molar-refractivity contribution in [3.63, 3.8) is 0 Å². The summed E-state index contributed by atoms with van der Waals surface area (Å²) in [6.45, 7) is 7.11. The summed E-state index contributed by atoms with van der Waals surface area (Å²) in [6, 6.07) is 0.807. The van der Waals surface area contributed by atoms with E-state index in [4.69, 9.17) is 5.73 Å². The van der Waals surface area contributed by atoms with Crippen molar-refractivity contribution in [2.45, 2.75) is 51.1 Å². The van der Waals surface area contributed by atoms with Crippen LogP contribution in [0.4, 0.5) is 0 Å². The summed E-state index contributed by atoms with van der Waals surface area (Å²) in [6.07, 6.45) is 5.15. The molecule has 0 aromatic heterocycles. The maximum absolute atomic E-state index is 6.15. The number of nitrogens with two attached hydrogens (primary N) is 1. The van der Waals surface area contributed by atoms with Crippen LogP contribution in [0.3, 0.4) is 0 Å². The fourth-order valence-electron chi connectivity index (χ4n) is 2.67. The zero-order valence-corrected chi connectivity index (χ0v) is 8.92. The summed E-state index contributed by atoms with van der Waals surface area (Å²) in [7, 11) is 0. The average molecular weight is 182 g/mol. The smallest absolute Gasteiger partial charge is 0.0284 e. The summed E-state index contributed by atoms with van der Waals surface area (Å²) in [4.78, 5) is 2.62. The van der Waals surface area contributed by atoms with Crippen molar-refractivity contribution in [1.29, 1.82) is 0 Å². The molecule has 2 heteroatoms. The van der Waals surface area contributed by atoms with E-state index in [0.29, 0.717) is 0 Å². The van der Waals surface area contributed by atoms with Gasteiger partial charge in [0.2, 0.25) is 0 Å². The Morgan fingerprint density at radius 1 is 1.46 bits per heavy atom. The molecule has 1 saturated carbocycles. The predicted octanol–water partition coefficient (Wildman–Crippen LogP) is 1.60. The lowest BCUT2D eigenvalue weighted by Gasteiger charge is -2.28. The highest BCUT2D eigenvalue weighted by molar-refractivity contribution is 5.03. The van der Waals surface area contributed by atoms with Crippen LogP contribution >= 0.6 is 0 Å². The molecule has 13 heavy (non-hydrogen) atoms. The summed E-state index contributed by atoms with van der Waals surface area (Å²) >= 11 is 0. The molecule has 0 aromatic rings. The van der Waals surface area contributed by atoms with Gasteiger partial charge in [-0.05, 0) is 38.1 Å². The van der Waals surface area contributed by atoms with Crippen LogP contribution in [0.5, 0.6) is 0 Å². The second-order valence-corrected chi connectivity index (χ2v) is 5.07. The van der Waals surface area contributed by atoms with Gasteiger partial charge in [-0.3, -0.25) is 4.90 Å². The zero-order chi connectivity index (χ0) is 9.47. The van der Waals surface area contributed by atoms with E-state index in [0.717, 1.165) is 18.5 Å². The average Bonchev–Trinajstić information content (AvgIpc) is 2.70. The van der Waals surface area contributed by atoms with Gasteiger partial charge in [-0.15, -0.1) is 0 Å². The van der Waals surface area contributed by atoms with E-state index in [1.807, 2.05) is 0 Å². The zero-order valence-electron chi connectivity index (χ0n) is 8.92. The van der Waals surface area contributed by atoms with Crippen LogP contribution in [-0.2, 0) is 0 Å². The van der Waals surface area contributed by atoms with Crippen LogP contribution in [0.15, 0.2) is 0 Å². The lowest BCUT2D eigenvalue weighted by Crippen LogP contribution is -2.42. The van der Waals surface area contributed by atoms with Gasteiger partial charge in [0.25, 0.3) is 0 Å². The Morgan fingerprint density at radius 3 is 2.69 bits per heavy atom. The minimum atomic E-state index is 0.206. The minimum Gasteiger partial charge on any atom is -0.324 e. The highest BCUT2D eigenvalue weighted by Gasteiger charge is 2.42. The van der Waals surface area contributed by atoms with Gasteiger partial charge in [0.1, 0.15) is 0 Å². The van der Waals surface area contributed by atoms with Crippen LogP contribution in [-0.4, -0.2) is 29.6 Å². The quantitative estimate of drug-likeness (QED) is 0.718. The molecule has 2 aliphatic rings. The Balaban J connectivity index is 1.91. The third-order valence-electron chi connectivity index (χ3n) is 3.83. The number of likely N-dealkylation sites (tertiary alicyclic amines) is 1. The molecule has 1 aliphatic heterocycles. The van der Waals surface area contributed by atoms with Gasteiger partial charge in [-0.1, -0.05) is 13.8 Å². The molecule has 1 saturated heterocycles. The van der Waals surface area contributed by atoms with Crippen molar-refractivity contribution in [3.05, 3.63) is 0 Å². The summed E-state index contributed by atoms with van der Waals surface area (Å²) in [5.41, 5.74) is 6.35. The molecule has 2 nitrogen and oxygen atoms in total. The van der Waals surface area contributed by atoms with Gasteiger partial charge >= 0.3 is 0 Å². The van der Waals surface area contributed by atoms with Gasteiger partial charge in [0, 0.05) is 18.1 Å². The van der Waals surface area contributed by atoms with Gasteiger partial charge in [-0.25, -0.2) is 0 Å². The molecule has 1 heterocycles. The third-order valence-corrected chi connectivity index (χ3v) is 3.83. The second-order valence-electron chi connectivity index (χ2n) is 5.07. The first-order chi connectivity index (χ1) is 6.14. The number of nitrogens with zero attached hydrogens (tertiary/aromatic N) is 1. The number of rotatable bonds is 3. The predicted molar refractivity (Wildman–Crippen MR) is 55.6 cm³/mol. The van der Waals surface area contributed by atoms with E-state index in [1.54, 1.807) is 0 Å². The number of hydrogen-bond acceptors (Lipinski definition) is 2. The molecule has 2 fully saturated rings. The Morgan fingerprint density at radius 2 is 2.15 bits per heavy atom. The molecule has 0 bridgehead atoms. The first kappa shape index (κ1) is 9.47. The SMILES string of the molecule is CCC1C(C)CCN1CC1(N)CC1. The lowest BCUT2D eigenvalue weighted by atomic mass is 10.0. The van der Waals surface area contributed by atoms with Crippen LogP contribution in [0, 0.1) is 5.92 Å². The van der Waals surface area contributed by atoms with Crippen LogP contribution in [0.25, 0.3) is 0 Å². The maximum atomic E-state index is 6.15. The highest BCUT2D eigenvalue weighted by atomic mass is 15.2. The van der Waals surface area contributed by atoms with Gasteiger partial charge in [-0.2, -0.15) is 0 Å². The van der Waals surface area contributed by atoms with Gasteiger partial charge < -0.3 is 5.73 Å². The molecule has 2 unspecified atom stereocenters. The summed E-state index contributed by atoms with van der Waals surface area (Å²) < 4.78 is 0. The lowest BCUT2D eigenvalue weighted by molar-refractivity contribution is 0.207. The third kappa shape index (κ3) is 1.89. The van der Waals surface area contributed by atoms with Crippen molar-refractivity contribution in [2.24, 2.45) is 11.7 Å².